The third-order valence-corrected chi connectivity index (χ3v) is 3.07. The van der Waals surface area contributed by atoms with Gasteiger partial charge >= 0.3 is 0 Å². The lowest BCUT2D eigenvalue weighted by atomic mass is 9.91. The van der Waals surface area contributed by atoms with E-state index in [1.165, 1.54) is 12.8 Å². The molecule has 0 aromatic carbocycles. The average molecular weight is 216 g/mol. The first-order chi connectivity index (χ1) is 7.81. The Hall–Kier alpha value is -1.60. The van der Waals surface area contributed by atoms with Crippen molar-refractivity contribution in [2.75, 3.05) is 5.32 Å². The van der Waals surface area contributed by atoms with Gasteiger partial charge in [0.2, 0.25) is 0 Å². The highest BCUT2D eigenvalue weighted by Crippen LogP contribution is 2.22. The van der Waals surface area contributed by atoms with E-state index in [9.17, 15) is 0 Å². The molecule has 3 N–H and O–H groups in total. The fraction of sp³-hybridized carbons (Fsp3) is 0.500. The number of nitrogens with two attached hydrogens (primary N) is 1. The van der Waals surface area contributed by atoms with Gasteiger partial charge in [-0.1, -0.05) is 12.8 Å². The topological polar surface area (TPSA) is 74.7 Å². The highest BCUT2D eigenvalue weighted by Gasteiger charge is 2.22. The molecule has 0 amide bonds. The number of pyridine rings is 1. The van der Waals surface area contributed by atoms with Crippen molar-refractivity contribution in [2.24, 2.45) is 5.73 Å². The number of nitriles is 1. The van der Waals surface area contributed by atoms with Crippen LogP contribution in [0.15, 0.2) is 18.3 Å². The lowest BCUT2D eigenvalue weighted by molar-refractivity contribution is 0.404. The molecule has 0 saturated heterocycles. The van der Waals surface area contributed by atoms with Gasteiger partial charge in [-0.25, -0.2) is 4.98 Å². The molecule has 1 saturated carbocycles. The summed E-state index contributed by atoms with van der Waals surface area (Å²) in [5.74, 6) is 0. The van der Waals surface area contributed by atoms with Crippen LogP contribution in [0, 0.1) is 11.3 Å². The largest absolute Gasteiger partial charge is 0.378 e. The van der Waals surface area contributed by atoms with Crippen molar-refractivity contribution in [1.82, 2.24) is 4.98 Å². The quantitative estimate of drug-likeness (QED) is 0.788. The number of nitrogens with one attached hydrogen (secondary N) is 1. The molecule has 0 aliphatic heterocycles. The predicted molar refractivity (Wildman–Crippen MR) is 62.8 cm³/mol. The van der Waals surface area contributed by atoms with Gasteiger partial charge in [0.25, 0.3) is 0 Å². The van der Waals surface area contributed by atoms with Gasteiger partial charge in [-0.2, -0.15) is 5.26 Å². The Labute approximate surface area is 95.5 Å². The Kier molecular flexibility index (Phi) is 3.37. The fourth-order valence-electron chi connectivity index (χ4n) is 2.15. The molecule has 2 atom stereocenters. The molecule has 4 nitrogen and oxygen atoms in total. The van der Waals surface area contributed by atoms with Crippen LogP contribution in [-0.2, 0) is 0 Å². The molecule has 2 rings (SSSR count). The second kappa shape index (κ2) is 4.95. The van der Waals surface area contributed by atoms with Gasteiger partial charge in [-0.15, -0.1) is 0 Å². The van der Waals surface area contributed by atoms with E-state index in [0.29, 0.717) is 5.69 Å². The van der Waals surface area contributed by atoms with Crippen LogP contribution in [0.4, 0.5) is 5.69 Å². The van der Waals surface area contributed by atoms with E-state index in [-0.39, 0.29) is 12.1 Å². The molecule has 4 heteroatoms. The van der Waals surface area contributed by atoms with E-state index in [1.54, 1.807) is 6.20 Å². The monoisotopic (exact) mass is 216 g/mol. The molecule has 1 heterocycles. The molecule has 1 fully saturated rings. The summed E-state index contributed by atoms with van der Waals surface area (Å²) in [5, 5.41) is 12.3. The second-order valence-corrected chi connectivity index (χ2v) is 4.21. The van der Waals surface area contributed by atoms with E-state index in [4.69, 9.17) is 11.0 Å². The van der Waals surface area contributed by atoms with Gasteiger partial charge < -0.3 is 11.1 Å². The zero-order valence-corrected chi connectivity index (χ0v) is 9.19. The predicted octanol–water partition coefficient (Wildman–Crippen LogP) is 1.64. The fourth-order valence-corrected chi connectivity index (χ4v) is 2.15. The summed E-state index contributed by atoms with van der Waals surface area (Å²) in [6.45, 7) is 0. The third kappa shape index (κ3) is 2.31. The van der Waals surface area contributed by atoms with Crippen molar-refractivity contribution in [1.29, 1.82) is 5.26 Å². The molecule has 0 radical (unpaired) electrons. The minimum atomic E-state index is 0.181. The smallest absolute Gasteiger partial charge is 0.163 e. The molecule has 1 aromatic rings. The number of anilines is 1. The summed E-state index contributed by atoms with van der Waals surface area (Å²) in [7, 11) is 0. The molecule has 16 heavy (non-hydrogen) atoms. The highest BCUT2D eigenvalue weighted by molar-refractivity contribution is 5.54. The number of nitrogens with zero attached hydrogens (tertiary/aromatic N) is 2. The standard InChI is InChI=1S/C12H16N4/c13-8-12-11(6-3-7-15-12)16-10-5-2-1-4-9(10)14/h3,6-7,9-10,16H,1-2,4-5,14H2/t9-,10-/m1/s1. The Balaban J connectivity index is 2.11. The zero-order chi connectivity index (χ0) is 11.4. The van der Waals surface area contributed by atoms with Crippen LogP contribution in [0.5, 0.6) is 0 Å². The number of rotatable bonds is 2. The summed E-state index contributed by atoms with van der Waals surface area (Å²) in [4.78, 5) is 4.02. The average Bonchev–Trinajstić information content (AvgIpc) is 2.33. The van der Waals surface area contributed by atoms with E-state index in [2.05, 4.69) is 16.4 Å². The van der Waals surface area contributed by atoms with Crippen LogP contribution in [0.3, 0.4) is 0 Å². The van der Waals surface area contributed by atoms with Crippen LogP contribution < -0.4 is 11.1 Å². The molecule has 1 aromatic heterocycles. The summed E-state index contributed by atoms with van der Waals surface area (Å²) in [6, 6.07) is 6.25. The highest BCUT2D eigenvalue weighted by atomic mass is 15.0. The maximum Gasteiger partial charge on any atom is 0.163 e. The van der Waals surface area contributed by atoms with Crippen LogP contribution in [0.25, 0.3) is 0 Å². The van der Waals surface area contributed by atoms with E-state index in [1.807, 2.05) is 12.1 Å². The summed E-state index contributed by atoms with van der Waals surface area (Å²) in [6.07, 6.45) is 6.16. The number of aromatic nitrogens is 1. The van der Waals surface area contributed by atoms with Crippen LogP contribution in [0.2, 0.25) is 0 Å². The van der Waals surface area contributed by atoms with Crippen LogP contribution in [-0.4, -0.2) is 17.1 Å². The molecular formula is C12H16N4. The molecular weight excluding hydrogens is 200 g/mol. The maximum atomic E-state index is 8.93. The SMILES string of the molecule is N#Cc1ncccc1N[C@@H]1CCCC[C@H]1N. The first kappa shape index (κ1) is 10.9. The van der Waals surface area contributed by atoms with E-state index < -0.39 is 0 Å². The Morgan fingerprint density at radius 2 is 2.25 bits per heavy atom. The summed E-state index contributed by atoms with van der Waals surface area (Å²) >= 11 is 0. The van der Waals surface area contributed by atoms with E-state index >= 15 is 0 Å². The third-order valence-electron chi connectivity index (χ3n) is 3.07. The minimum Gasteiger partial charge on any atom is -0.378 e. The summed E-state index contributed by atoms with van der Waals surface area (Å²) in [5.41, 5.74) is 7.30. The molecule has 0 bridgehead atoms. The van der Waals surface area contributed by atoms with Crippen LogP contribution >= 0.6 is 0 Å². The maximum absolute atomic E-state index is 8.93. The van der Waals surface area contributed by atoms with Gasteiger partial charge in [0, 0.05) is 18.3 Å². The Bertz CT molecular complexity index is 396. The normalized spacial score (nSPS) is 24.8. The van der Waals surface area contributed by atoms with Crippen molar-refractivity contribution in [2.45, 2.75) is 37.8 Å². The Morgan fingerprint density at radius 1 is 1.44 bits per heavy atom. The van der Waals surface area contributed by atoms with Crippen molar-refractivity contribution >= 4 is 5.69 Å². The van der Waals surface area contributed by atoms with Gasteiger partial charge in [0.05, 0.1) is 5.69 Å². The summed E-state index contributed by atoms with van der Waals surface area (Å²) < 4.78 is 0. The number of hydrogen-bond donors (Lipinski definition) is 2. The lowest BCUT2D eigenvalue weighted by Gasteiger charge is -2.30. The minimum absolute atomic E-state index is 0.181. The van der Waals surface area contributed by atoms with Crippen molar-refractivity contribution < 1.29 is 0 Å². The first-order valence-electron chi connectivity index (χ1n) is 5.68. The molecule has 0 unspecified atom stereocenters. The molecule has 1 aliphatic rings. The molecule has 84 valence electrons. The van der Waals surface area contributed by atoms with Crippen molar-refractivity contribution in [3.05, 3.63) is 24.0 Å². The Morgan fingerprint density at radius 3 is 3.00 bits per heavy atom. The van der Waals surface area contributed by atoms with Gasteiger partial charge in [0.1, 0.15) is 6.07 Å². The zero-order valence-electron chi connectivity index (χ0n) is 9.19. The molecule has 0 spiro atoms. The first-order valence-corrected chi connectivity index (χ1v) is 5.68. The van der Waals surface area contributed by atoms with Gasteiger partial charge in [-0.05, 0) is 25.0 Å². The molecule has 1 aliphatic carbocycles. The van der Waals surface area contributed by atoms with E-state index in [0.717, 1.165) is 18.5 Å². The van der Waals surface area contributed by atoms with Crippen molar-refractivity contribution in [3.63, 3.8) is 0 Å². The van der Waals surface area contributed by atoms with Gasteiger partial charge in [0.15, 0.2) is 5.69 Å². The van der Waals surface area contributed by atoms with Crippen LogP contribution in [0.1, 0.15) is 31.4 Å². The second-order valence-electron chi connectivity index (χ2n) is 4.21. The lowest BCUT2D eigenvalue weighted by Crippen LogP contribution is -2.42. The number of hydrogen-bond acceptors (Lipinski definition) is 4. The van der Waals surface area contributed by atoms with Gasteiger partial charge in [-0.3, -0.25) is 0 Å². The van der Waals surface area contributed by atoms with Crippen molar-refractivity contribution in [3.8, 4) is 6.07 Å².